The molecule has 0 atom stereocenters. The summed E-state index contributed by atoms with van der Waals surface area (Å²) >= 11 is 7.47. The highest BCUT2D eigenvalue weighted by Gasteiger charge is 2.16. The monoisotopic (exact) mass is 427 g/mol. The predicted octanol–water partition coefficient (Wildman–Crippen LogP) is 4.46. The minimum absolute atomic E-state index is 0.00799. The van der Waals surface area contributed by atoms with Crippen LogP contribution in [-0.2, 0) is 4.79 Å². The highest BCUT2D eigenvalue weighted by Crippen LogP contribution is 2.16. The number of nitrogens with one attached hydrogen (secondary N) is 2. The number of rotatable bonds is 6. The fourth-order valence-corrected chi connectivity index (χ4v) is 3.16. The van der Waals surface area contributed by atoms with Gasteiger partial charge in [-0.1, -0.05) is 41.9 Å². The van der Waals surface area contributed by atoms with E-state index in [0.29, 0.717) is 5.56 Å². The summed E-state index contributed by atoms with van der Waals surface area (Å²) < 4.78 is 12.9. The summed E-state index contributed by atoms with van der Waals surface area (Å²) in [7, 11) is 0. The van der Waals surface area contributed by atoms with E-state index in [1.54, 1.807) is 36.4 Å². The van der Waals surface area contributed by atoms with Crippen LogP contribution >= 0.6 is 22.9 Å². The Morgan fingerprint density at radius 2 is 1.79 bits per heavy atom. The van der Waals surface area contributed by atoms with Gasteiger partial charge in [-0.05, 0) is 47.4 Å². The highest BCUT2D eigenvalue weighted by molar-refractivity contribution is 7.10. The van der Waals surface area contributed by atoms with E-state index < -0.39 is 11.8 Å². The lowest BCUT2D eigenvalue weighted by molar-refractivity contribution is -0.117. The zero-order valence-corrected chi connectivity index (χ0v) is 16.5. The van der Waals surface area contributed by atoms with Crippen LogP contribution in [0.4, 0.5) is 4.39 Å². The SMILES string of the molecule is O=C(NN=Cc1ccc(F)cc1)C(=Cc1cccs1)NC(=O)c1ccccc1Cl. The molecule has 0 aliphatic carbocycles. The quantitative estimate of drug-likeness (QED) is 0.346. The maximum atomic E-state index is 12.9. The van der Waals surface area contributed by atoms with Gasteiger partial charge in [0.2, 0.25) is 0 Å². The molecule has 0 unspecified atom stereocenters. The maximum Gasteiger partial charge on any atom is 0.287 e. The van der Waals surface area contributed by atoms with Crippen LogP contribution in [0.5, 0.6) is 0 Å². The van der Waals surface area contributed by atoms with Crippen molar-refractivity contribution in [1.29, 1.82) is 0 Å². The molecule has 29 heavy (non-hydrogen) atoms. The van der Waals surface area contributed by atoms with E-state index in [1.165, 1.54) is 41.8 Å². The lowest BCUT2D eigenvalue weighted by Gasteiger charge is -2.09. The van der Waals surface area contributed by atoms with Gasteiger partial charge < -0.3 is 5.32 Å². The van der Waals surface area contributed by atoms with Crippen molar-refractivity contribution in [3.8, 4) is 0 Å². The first kappa shape index (κ1) is 20.4. The molecule has 0 aliphatic rings. The molecule has 0 aliphatic heterocycles. The number of amides is 2. The van der Waals surface area contributed by atoms with Crippen molar-refractivity contribution in [3.63, 3.8) is 0 Å². The molecule has 0 saturated heterocycles. The number of carbonyl (C=O) groups is 2. The number of thiophene rings is 1. The lowest BCUT2D eigenvalue weighted by Crippen LogP contribution is -2.32. The fraction of sp³-hybridized carbons (Fsp3) is 0. The largest absolute Gasteiger partial charge is 0.317 e. The van der Waals surface area contributed by atoms with Gasteiger partial charge in [-0.15, -0.1) is 11.3 Å². The van der Waals surface area contributed by atoms with Gasteiger partial charge in [0.25, 0.3) is 11.8 Å². The van der Waals surface area contributed by atoms with E-state index in [2.05, 4.69) is 15.8 Å². The van der Waals surface area contributed by atoms with Crippen LogP contribution < -0.4 is 10.7 Å². The summed E-state index contributed by atoms with van der Waals surface area (Å²) in [5.74, 6) is -1.50. The molecule has 5 nitrogen and oxygen atoms in total. The Kier molecular flexibility index (Phi) is 6.89. The van der Waals surface area contributed by atoms with Crippen molar-refractivity contribution >= 4 is 47.0 Å². The summed E-state index contributed by atoms with van der Waals surface area (Å²) in [4.78, 5) is 25.9. The zero-order valence-electron chi connectivity index (χ0n) is 14.9. The first-order valence-electron chi connectivity index (χ1n) is 8.43. The van der Waals surface area contributed by atoms with Crippen molar-refractivity contribution in [1.82, 2.24) is 10.7 Å². The number of nitrogens with zero attached hydrogens (tertiary/aromatic N) is 1. The molecule has 0 spiro atoms. The van der Waals surface area contributed by atoms with Crippen LogP contribution in [0, 0.1) is 5.82 Å². The van der Waals surface area contributed by atoms with E-state index in [-0.39, 0.29) is 22.1 Å². The van der Waals surface area contributed by atoms with Gasteiger partial charge >= 0.3 is 0 Å². The number of hydrogen-bond donors (Lipinski definition) is 2. The summed E-state index contributed by atoms with van der Waals surface area (Å²) in [6.45, 7) is 0. The topological polar surface area (TPSA) is 70.6 Å². The molecule has 1 heterocycles. The standard InChI is InChI=1S/C21H15ClFN3O2S/c22-18-6-2-1-5-17(18)20(27)25-19(12-16-4-3-11-29-16)21(28)26-24-13-14-7-9-15(23)10-8-14/h1-13H,(H,25,27)(H,26,28). The average molecular weight is 428 g/mol. The van der Waals surface area contributed by atoms with E-state index in [1.807, 2.05) is 11.4 Å². The minimum Gasteiger partial charge on any atom is -0.317 e. The number of benzene rings is 2. The van der Waals surface area contributed by atoms with Crippen molar-refractivity contribution in [2.24, 2.45) is 5.10 Å². The normalized spacial score (nSPS) is 11.4. The molecule has 0 bridgehead atoms. The number of hydrazone groups is 1. The van der Waals surface area contributed by atoms with Gasteiger partial charge in [-0.25, -0.2) is 9.82 Å². The van der Waals surface area contributed by atoms with E-state index in [0.717, 1.165) is 4.88 Å². The van der Waals surface area contributed by atoms with E-state index in [4.69, 9.17) is 11.6 Å². The van der Waals surface area contributed by atoms with Gasteiger partial charge in [0.15, 0.2) is 0 Å². The van der Waals surface area contributed by atoms with Crippen LogP contribution in [0.3, 0.4) is 0 Å². The predicted molar refractivity (Wildman–Crippen MR) is 113 cm³/mol. The summed E-state index contributed by atoms with van der Waals surface area (Å²) in [5, 5.41) is 8.56. The molecule has 3 rings (SSSR count). The minimum atomic E-state index is -0.614. The fourth-order valence-electron chi connectivity index (χ4n) is 2.28. The molecule has 2 amide bonds. The molecular weight excluding hydrogens is 413 g/mol. The second kappa shape index (κ2) is 9.77. The smallest absolute Gasteiger partial charge is 0.287 e. The number of halogens is 2. The Morgan fingerprint density at radius 3 is 2.48 bits per heavy atom. The molecule has 146 valence electrons. The summed E-state index contributed by atoms with van der Waals surface area (Å²) in [6, 6.07) is 15.8. The van der Waals surface area contributed by atoms with Crippen molar-refractivity contribution < 1.29 is 14.0 Å². The molecule has 0 saturated carbocycles. The van der Waals surface area contributed by atoms with Gasteiger partial charge in [-0.2, -0.15) is 5.10 Å². The molecule has 8 heteroatoms. The van der Waals surface area contributed by atoms with Gasteiger partial charge in [-0.3, -0.25) is 9.59 Å². The third-order valence-corrected chi connectivity index (χ3v) is 4.84. The molecule has 2 aromatic carbocycles. The third-order valence-electron chi connectivity index (χ3n) is 3.69. The Hall–Kier alpha value is -3.29. The Balaban J connectivity index is 1.76. The Labute approximate surface area is 175 Å². The lowest BCUT2D eigenvalue weighted by atomic mass is 10.2. The first-order chi connectivity index (χ1) is 14.0. The van der Waals surface area contributed by atoms with Gasteiger partial charge in [0.1, 0.15) is 11.5 Å². The Bertz CT molecular complexity index is 1060. The average Bonchev–Trinajstić information content (AvgIpc) is 3.22. The van der Waals surface area contributed by atoms with Crippen LogP contribution in [-0.4, -0.2) is 18.0 Å². The molecule has 1 aromatic heterocycles. The molecule has 0 radical (unpaired) electrons. The molecule has 3 aromatic rings. The molecule has 2 N–H and O–H groups in total. The van der Waals surface area contributed by atoms with Crippen molar-refractivity contribution in [2.45, 2.75) is 0 Å². The second-order valence-electron chi connectivity index (χ2n) is 5.76. The Morgan fingerprint density at radius 1 is 1.03 bits per heavy atom. The number of carbonyl (C=O) groups excluding carboxylic acids is 2. The maximum absolute atomic E-state index is 12.9. The van der Waals surface area contributed by atoms with Gasteiger partial charge in [0.05, 0.1) is 16.8 Å². The number of hydrogen-bond acceptors (Lipinski definition) is 4. The zero-order chi connectivity index (χ0) is 20.6. The third kappa shape index (κ3) is 5.84. The highest BCUT2D eigenvalue weighted by atomic mass is 35.5. The first-order valence-corrected chi connectivity index (χ1v) is 9.69. The second-order valence-corrected chi connectivity index (χ2v) is 7.14. The van der Waals surface area contributed by atoms with E-state index >= 15 is 0 Å². The summed E-state index contributed by atoms with van der Waals surface area (Å²) in [6.07, 6.45) is 2.91. The van der Waals surface area contributed by atoms with Crippen LogP contribution in [0.1, 0.15) is 20.8 Å². The van der Waals surface area contributed by atoms with Crippen molar-refractivity contribution in [2.75, 3.05) is 0 Å². The molecule has 0 fully saturated rings. The summed E-state index contributed by atoms with van der Waals surface area (Å²) in [5.41, 5.74) is 3.21. The van der Waals surface area contributed by atoms with Crippen LogP contribution in [0.2, 0.25) is 5.02 Å². The van der Waals surface area contributed by atoms with Crippen LogP contribution in [0.25, 0.3) is 6.08 Å². The van der Waals surface area contributed by atoms with Gasteiger partial charge in [0, 0.05) is 4.88 Å². The van der Waals surface area contributed by atoms with Crippen molar-refractivity contribution in [3.05, 3.63) is 98.6 Å². The van der Waals surface area contributed by atoms with Crippen LogP contribution in [0.15, 0.2) is 76.8 Å². The molecular formula is C21H15ClFN3O2S. The van der Waals surface area contributed by atoms with E-state index in [9.17, 15) is 14.0 Å².